The number of amides is 1. The van der Waals surface area contributed by atoms with Crippen LogP contribution in [0.1, 0.15) is 40.0 Å². The first-order valence-electron chi connectivity index (χ1n) is 5.77. The zero-order valence-electron chi connectivity index (χ0n) is 10.5. The van der Waals surface area contributed by atoms with Gasteiger partial charge in [-0.15, -0.1) is 0 Å². The first-order valence-corrected chi connectivity index (χ1v) is 5.77. The van der Waals surface area contributed by atoms with Crippen molar-refractivity contribution in [1.29, 1.82) is 0 Å². The molecule has 0 aromatic rings. The SMILES string of the molecule is CC1(NC=O)CC1.CN1CCC(C)(C)C1. The third kappa shape index (κ3) is 4.65. The number of carbonyl (C=O) groups is 1. The molecule has 1 aliphatic heterocycles. The highest BCUT2D eigenvalue weighted by molar-refractivity contribution is 5.48. The van der Waals surface area contributed by atoms with Crippen molar-refractivity contribution in [3.8, 4) is 0 Å². The minimum absolute atomic E-state index is 0.182. The second kappa shape index (κ2) is 4.52. The quantitative estimate of drug-likeness (QED) is 0.706. The fraction of sp³-hybridized carbons (Fsp3) is 0.917. The van der Waals surface area contributed by atoms with Crippen LogP contribution in [-0.2, 0) is 4.79 Å². The van der Waals surface area contributed by atoms with E-state index in [0.717, 1.165) is 19.3 Å². The van der Waals surface area contributed by atoms with E-state index >= 15 is 0 Å². The summed E-state index contributed by atoms with van der Waals surface area (Å²) < 4.78 is 0. The summed E-state index contributed by atoms with van der Waals surface area (Å²) in [6.45, 7) is 9.26. The van der Waals surface area contributed by atoms with Crippen molar-refractivity contribution < 1.29 is 4.79 Å². The highest BCUT2D eigenvalue weighted by Crippen LogP contribution is 2.33. The van der Waals surface area contributed by atoms with Crippen molar-refractivity contribution in [2.24, 2.45) is 5.41 Å². The predicted octanol–water partition coefficient (Wildman–Crippen LogP) is 1.63. The van der Waals surface area contributed by atoms with Gasteiger partial charge in [-0.05, 0) is 45.2 Å². The maximum Gasteiger partial charge on any atom is 0.207 e. The molecule has 0 atom stereocenters. The van der Waals surface area contributed by atoms with Crippen molar-refractivity contribution in [2.45, 2.75) is 45.6 Å². The third-order valence-electron chi connectivity index (χ3n) is 3.28. The third-order valence-corrected chi connectivity index (χ3v) is 3.28. The van der Waals surface area contributed by atoms with Gasteiger partial charge in [-0.3, -0.25) is 4.79 Å². The van der Waals surface area contributed by atoms with Crippen molar-refractivity contribution in [3.63, 3.8) is 0 Å². The van der Waals surface area contributed by atoms with Crippen LogP contribution in [-0.4, -0.2) is 37.0 Å². The van der Waals surface area contributed by atoms with Crippen molar-refractivity contribution in [3.05, 3.63) is 0 Å². The van der Waals surface area contributed by atoms with Crippen LogP contribution in [0.5, 0.6) is 0 Å². The summed E-state index contributed by atoms with van der Waals surface area (Å²) >= 11 is 0. The number of rotatable bonds is 2. The van der Waals surface area contributed by atoms with Crippen LogP contribution < -0.4 is 5.32 Å². The summed E-state index contributed by atoms with van der Waals surface area (Å²) in [5.74, 6) is 0. The Morgan fingerprint density at radius 2 is 1.80 bits per heavy atom. The van der Waals surface area contributed by atoms with E-state index in [0.29, 0.717) is 5.41 Å². The van der Waals surface area contributed by atoms with Crippen LogP contribution in [0.2, 0.25) is 0 Å². The molecule has 0 bridgehead atoms. The standard InChI is InChI=1S/C7H15N.C5H9NO/c1-7(2)4-5-8(3)6-7;1-5(2-3-5)6-4-7/h4-6H2,1-3H3;4H,2-3H2,1H3,(H,6,7). The van der Waals surface area contributed by atoms with Crippen molar-refractivity contribution in [2.75, 3.05) is 20.1 Å². The van der Waals surface area contributed by atoms with Crippen LogP contribution in [0.25, 0.3) is 0 Å². The molecular weight excluding hydrogens is 188 g/mol. The van der Waals surface area contributed by atoms with Gasteiger partial charge in [-0.1, -0.05) is 13.8 Å². The molecule has 1 aliphatic carbocycles. The molecule has 3 nitrogen and oxygen atoms in total. The molecule has 88 valence electrons. The van der Waals surface area contributed by atoms with Gasteiger partial charge in [0.15, 0.2) is 0 Å². The fourth-order valence-electron chi connectivity index (χ4n) is 1.86. The zero-order valence-corrected chi connectivity index (χ0v) is 10.5. The first kappa shape index (κ1) is 12.5. The van der Waals surface area contributed by atoms with Crippen LogP contribution in [0.15, 0.2) is 0 Å². The lowest BCUT2D eigenvalue weighted by Crippen LogP contribution is -2.25. The Kier molecular flexibility index (Phi) is 3.77. The smallest absolute Gasteiger partial charge is 0.207 e. The molecule has 1 saturated heterocycles. The largest absolute Gasteiger partial charge is 0.354 e. The maximum absolute atomic E-state index is 9.75. The lowest BCUT2D eigenvalue weighted by Gasteiger charge is -2.15. The van der Waals surface area contributed by atoms with E-state index < -0.39 is 0 Å². The van der Waals surface area contributed by atoms with Gasteiger partial charge in [-0.25, -0.2) is 0 Å². The number of nitrogens with one attached hydrogen (secondary N) is 1. The highest BCUT2D eigenvalue weighted by Gasteiger charge is 2.36. The molecule has 2 rings (SSSR count). The average molecular weight is 212 g/mol. The van der Waals surface area contributed by atoms with E-state index in [-0.39, 0.29) is 5.54 Å². The number of hydrogen-bond donors (Lipinski definition) is 1. The summed E-state index contributed by atoms with van der Waals surface area (Å²) in [4.78, 5) is 12.1. The molecule has 3 heteroatoms. The zero-order chi connectivity index (χ0) is 11.5. The second-order valence-electron chi connectivity index (χ2n) is 5.97. The Balaban J connectivity index is 0.000000151. The van der Waals surface area contributed by atoms with Crippen LogP contribution >= 0.6 is 0 Å². The van der Waals surface area contributed by atoms with E-state index in [2.05, 4.69) is 31.1 Å². The van der Waals surface area contributed by atoms with Crippen LogP contribution in [0.3, 0.4) is 0 Å². The van der Waals surface area contributed by atoms with E-state index in [9.17, 15) is 4.79 Å². The summed E-state index contributed by atoms with van der Waals surface area (Å²) in [5.41, 5.74) is 0.774. The molecule has 0 aromatic carbocycles. The van der Waals surface area contributed by atoms with Gasteiger partial charge in [0.2, 0.25) is 6.41 Å². The van der Waals surface area contributed by atoms with E-state index in [4.69, 9.17) is 0 Å². The predicted molar refractivity (Wildman–Crippen MR) is 62.7 cm³/mol. The van der Waals surface area contributed by atoms with Crippen LogP contribution in [0, 0.1) is 5.41 Å². The molecule has 2 fully saturated rings. The molecule has 15 heavy (non-hydrogen) atoms. The van der Waals surface area contributed by atoms with Gasteiger partial charge >= 0.3 is 0 Å². The lowest BCUT2D eigenvalue weighted by atomic mass is 9.93. The first-order chi connectivity index (χ1) is 6.87. The van der Waals surface area contributed by atoms with Crippen molar-refractivity contribution in [1.82, 2.24) is 10.2 Å². The molecule has 1 saturated carbocycles. The minimum Gasteiger partial charge on any atom is -0.354 e. The number of hydrogen-bond acceptors (Lipinski definition) is 2. The number of likely N-dealkylation sites (tertiary alicyclic amines) is 1. The Bertz CT molecular complexity index is 222. The normalized spacial score (nSPS) is 26.4. The van der Waals surface area contributed by atoms with Crippen LogP contribution in [0.4, 0.5) is 0 Å². The van der Waals surface area contributed by atoms with Gasteiger partial charge in [-0.2, -0.15) is 0 Å². The van der Waals surface area contributed by atoms with Gasteiger partial charge in [0.1, 0.15) is 0 Å². The highest BCUT2D eigenvalue weighted by atomic mass is 16.1. The Hall–Kier alpha value is -0.570. The molecule has 0 radical (unpaired) electrons. The monoisotopic (exact) mass is 212 g/mol. The Morgan fingerprint density at radius 1 is 1.20 bits per heavy atom. The maximum atomic E-state index is 9.75. The summed E-state index contributed by atoms with van der Waals surface area (Å²) in [6, 6.07) is 0. The van der Waals surface area contributed by atoms with Gasteiger partial charge in [0.05, 0.1) is 0 Å². The molecule has 1 N–H and O–H groups in total. The van der Waals surface area contributed by atoms with E-state index in [1.165, 1.54) is 19.5 Å². The Morgan fingerprint density at radius 3 is 1.93 bits per heavy atom. The van der Waals surface area contributed by atoms with Gasteiger partial charge < -0.3 is 10.2 Å². The second-order valence-corrected chi connectivity index (χ2v) is 5.97. The van der Waals surface area contributed by atoms with E-state index in [1.807, 2.05) is 6.92 Å². The average Bonchev–Trinajstić information content (AvgIpc) is 2.73. The summed E-state index contributed by atoms with van der Waals surface area (Å²) in [6.07, 6.45) is 4.42. The van der Waals surface area contributed by atoms with Gasteiger partial charge in [0, 0.05) is 12.1 Å². The fourth-order valence-corrected chi connectivity index (χ4v) is 1.86. The topological polar surface area (TPSA) is 32.3 Å². The summed E-state index contributed by atoms with van der Waals surface area (Å²) in [7, 11) is 2.19. The lowest BCUT2D eigenvalue weighted by molar-refractivity contribution is -0.110. The van der Waals surface area contributed by atoms with Crippen molar-refractivity contribution >= 4 is 6.41 Å². The minimum atomic E-state index is 0.182. The van der Waals surface area contributed by atoms with Gasteiger partial charge in [0.25, 0.3) is 0 Å². The Labute approximate surface area is 93.2 Å². The molecule has 1 amide bonds. The summed E-state index contributed by atoms with van der Waals surface area (Å²) in [5, 5.41) is 2.72. The molecular formula is C12H24N2O. The molecule has 2 aliphatic rings. The molecule has 1 heterocycles. The van der Waals surface area contributed by atoms with E-state index in [1.54, 1.807) is 0 Å². The number of carbonyl (C=O) groups excluding carboxylic acids is 1. The molecule has 0 spiro atoms. The number of nitrogens with zero attached hydrogens (tertiary/aromatic N) is 1. The molecule has 0 unspecified atom stereocenters. The molecule has 0 aromatic heterocycles.